The van der Waals surface area contributed by atoms with Crippen LogP contribution in [0.3, 0.4) is 0 Å². The summed E-state index contributed by atoms with van der Waals surface area (Å²) in [7, 11) is 0. The molecule has 1 amide bonds. The third kappa shape index (κ3) is 3.40. The first-order valence-electron chi connectivity index (χ1n) is 7.27. The third-order valence-electron chi connectivity index (χ3n) is 3.42. The van der Waals surface area contributed by atoms with Crippen LogP contribution in [-0.4, -0.2) is 42.2 Å². The Labute approximate surface area is 129 Å². The molecule has 3 rings (SSSR count). The lowest BCUT2D eigenvalue weighted by atomic mass is 10.3. The molecule has 0 spiro atoms. The number of nitrogens with one attached hydrogen (secondary N) is 1. The molecule has 1 aliphatic rings. The maximum atomic E-state index is 12.4. The quantitative estimate of drug-likeness (QED) is 0.937. The van der Waals surface area contributed by atoms with Crippen LogP contribution in [0.5, 0.6) is 0 Å². The zero-order chi connectivity index (χ0) is 15.4. The molecule has 1 aromatic heterocycles. The minimum absolute atomic E-state index is 0.230. The topological polar surface area (TPSA) is 67.4 Å². The highest BCUT2D eigenvalue weighted by Crippen LogP contribution is 2.15. The molecule has 6 nitrogen and oxygen atoms in total. The van der Waals surface area contributed by atoms with E-state index in [0.717, 1.165) is 24.6 Å². The average molecular weight is 298 g/mol. The molecule has 6 heteroatoms. The summed E-state index contributed by atoms with van der Waals surface area (Å²) < 4.78 is 5.34. The fraction of sp³-hybridized carbons (Fsp3) is 0.312. The van der Waals surface area contributed by atoms with Crippen LogP contribution in [0.4, 0.5) is 11.5 Å². The monoisotopic (exact) mass is 298 g/mol. The number of aromatic nitrogens is 2. The van der Waals surface area contributed by atoms with Crippen LogP contribution in [0.2, 0.25) is 0 Å². The van der Waals surface area contributed by atoms with Crippen LogP contribution in [0.15, 0.2) is 36.4 Å². The molecule has 0 aliphatic carbocycles. The first-order chi connectivity index (χ1) is 10.7. The van der Waals surface area contributed by atoms with E-state index >= 15 is 0 Å². The number of carbonyl (C=O) groups excluding carboxylic acids is 1. The molecular weight excluding hydrogens is 280 g/mol. The van der Waals surface area contributed by atoms with E-state index in [-0.39, 0.29) is 5.91 Å². The summed E-state index contributed by atoms with van der Waals surface area (Å²) >= 11 is 0. The van der Waals surface area contributed by atoms with Crippen molar-refractivity contribution in [2.75, 3.05) is 36.5 Å². The number of carbonyl (C=O) groups is 1. The molecule has 1 N–H and O–H groups in total. The van der Waals surface area contributed by atoms with Crippen molar-refractivity contribution < 1.29 is 9.53 Å². The van der Waals surface area contributed by atoms with Crippen molar-refractivity contribution in [3.63, 3.8) is 0 Å². The van der Waals surface area contributed by atoms with Crippen molar-refractivity contribution in [1.29, 1.82) is 0 Å². The van der Waals surface area contributed by atoms with Gasteiger partial charge in [-0.1, -0.05) is 18.2 Å². The maximum Gasteiger partial charge on any atom is 0.274 e. The molecule has 2 heterocycles. The number of aryl methyl sites for hydroxylation is 1. The summed E-state index contributed by atoms with van der Waals surface area (Å²) in [6.07, 6.45) is 0. The summed E-state index contributed by atoms with van der Waals surface area (Å²) in [5.41, 5.74) is 1.12. The number of nitrogens with zero attached hydrogens (tertiary/aromatic N) is 3. The summed E-state index contributed by atoms with van der Waals surface area (Å²) in [4.78, 5) is 23.1. The van der Waals surface area contributed by atoms with Crippen LogP contribution in [0.1, 0.15) is 16.3 Å². The Bertz CT molecular complexity index is 654. The van der Waals surface area contributed by atoms with Gasteiger partial charge in [-0.05, 0) is 19.1 Å². The van der Waals surface area contributed by atoms with Gasteiger partial charge in [0.15, 0.2) is 0 Å². The van der Waals surface area contributed by atoms with Gasteiger partial charge < -0.3 is 15.0 Å². The summed E-state index contributed by atoms with van der Waals surface area (Å²) in [5.74, 6) is 1.13. The second-order valence-corrected chi connectivity index (χ2v) is 5.08. The van der Waals surface area contributed by atoms with E-state index in [1.165, 1.54) is 0 Å². The molecule has 1 aromatic carbocycles. The lowest BCUT2D eigenvalue weighted by Crippen LogP contribution is -2.37. The zero-order valence-electron chi connectivity index (χ0n) is 12.5. The SMILES string of the molecule is Cc1nc(C(=O)Nc2ccccc2)cc(N2CCOCC2)n1. The Morgan fingerprint density at radius 3 is 2.64 bits per heavy atom. The van der Waals surface area contributed by atoms with Crippen LogP contribution in [0, 0.1) is 6.92 Å². The van der Waals surface area contributed by atoms with Crippen molar-refractivity contribution in [2.24, 2.45) is 0 Å². The predicted molar refractivity (Wildman–Crippen MR) is 84.2 cm³/mol. The van der Waals surface area contributed by atoms with E-state index in [1.807, 2.05) is 30.3 Å². The number of morpholine rings is 1. The first kappa shape index (κ1) is 14.5. The Morgan fingerprint density at radius 2 is 1.91 bits per heavy atom. The second kappa shape index (κ2) is 6.53. The highest BCUT2D eigenvalue weighted by atomic mass is 16.5. The summed E-state index contributed by atoms with van der Waals surface area (Å²) in [6.45, 7) is 4.69. The zero-order valence-corrected chi connectivity index (χ0v) is 12.5. The second-order valence-electron chi connectivity index (χ2n) is 5.08. The summed E-state index contributed by atoms with van der Waals surface area (Å²) in [5, 5.41) is 2.84. The normalized spacial score (nSPS) is 14.7. The van der Waals surface area contributed by atoms with Crippen LogP contribution < -0.4 is 10.2 Å². The maximum absolute atomic E-state index is 12.4. The number of anilines is 2. The van der Waals surface area contributed by atoms with E-state index in [4.69, 9.17) is 4.74 Å². The van der Waals surface area contributed by atoms with E-state index in [9.17, 15) is 4.79 Å². The fourth-order valence-corrected chi connectivity index (χ4v) is 2.34. The molecule has 22 heavy (non-hydrogen) atoms. The number of rotatable bonds is 3. The number of benzene rings is 1. The van der Waals surface area contributed by atoms with E-state index in [0.29, 0.717) is 24.7 Å². The average Bonchev–Trinajstić information content (AvgIpc) is 2.56. The van der Waals surface area contributed by atoms with Crippen molar-refractivity contribution in [3.05, 3.63) is 47.9 Å². The molecule has 2 aromatic rings. The standard InChI is InChI=1S/C16H18N4O2/c1-12-17-14(16(21)19-13-5-3-2-4-6-13)11-15(18-12)20-7-9-22-10-8-20/h2-6,11H,7-10H2,1H3,(H,19,21). The molecule has 0 saturated carbocycles. The highest BCUT2D eigenvalue weighted by molar-refractivity contribution is 6.03. The Kier molecular flexibility index (Phi) is 4.29. The first-order valence-corrected chi connectivity index (χ1v) is 7.27. The molecule has 1 saturated heterocycles. The predicted octanol–water partition coefficient (Wildman–Crippen LogP) is 1.87. The molecular formula is C16H18N4O2. The van der Waals surface area contributed by atoms with Gasteiger partial charge >= 0.3 is 0 Å². The minimum atomic E-state index is -0.230. The van der Waals surface area contributed by atoms with E-state index in [2.05, 4.69) is 20.2 Å². The van der Waals surface area contributed by atoms with Crippen molar-refractivity contribution in [2.45, 2.75) is 6.92 Å². The number of hydrogen-bond acceptors (Lipinski definition) is 5. The Balaban J connectivity index is 1.81. The van der Waals surface area contributed by atoms with Gasteiger partial charge in [0.25, 0.3) is 5.91 Å². The third-order valence-corrected chi connectivity index (χ3v) is 3.42. The van der Waals surface area contributed by atoms with Gasteiger partial charge in [0.1, 0.15) is 17.3 Å². The van der Waals surface area contributed by atoms with Crippen molar-refractivity contribution >= 4 is 17.4 Å². The van der Waals surface area contributed by atoms with Gasteiger partial charge in [0.05, 0.1) is 13.2 Å². The Morgan fingerprint density at radius 1 is 1.18 bits per heavy atom. The Hall–Kier alpha value is -2.47. The molecule has 0 atom stereocenters. The number of ether oxygens (including phenoxy) is 1. The van der Waals surface area contributed by atoms with E-state index in [1.54, 1.807) is 13.0 Å². The van der Waals surface area contributed by atoms with Gasteiger partial charge in [-0.25, -0.2) is 9.97 Å². The van der Waals surface area contributed by atoms with Crippen LogP contribution in [0.25, 0.3) is 0 Å². The highest BCUT2D eigenvalue weighted by Gasteiger charge is 2.16. The van der Waals surface area contributed by atoms with Crippen molar-refractivity contribution in [1.82, 2.24) is 9.97 Å². The number of para-hydroxylation sites is 1. The van der Waals surface area contributed by atoms with Crippen LogP contribution in [-0.2, 0) is 4.74 Å². The number of hydrogen-bond donors (Lipinski definition) is 1. The molecule has 0 unspecified atom stereocenters. The lowest BCUT2D eigenvalue weighted by Gasteiger charge is -2.28. The van der Waals surface area contributed by atoms with Gasteiger partial charge in [0.2, 0.25) is 0 Å². The van der Waals surface area contributed by atoms with Gasteiger partial charge in [-0.15, -0.1) is 0 Å². The lowest BCUT2D eigenvalue weighted by molar-refractivity contribution is 0.102. The minimum Gasteiger partial charge on any atom is -0.378 e. The molecule has 0 radical (unpaired) electrons. The molecule has 1 aliphatic heterocycles. The fourth-order valence-electron chi connectivity index (χ4n) is 2.34. The number of amides is 1. The van der Waals surface area contributed by atoms with E-state index < -0.39 is 0 Å². The van der Waals surface area contributed by atoms with Gasteiger partial charge in [-0.2, -0.15) is 0 Å². The smallest absolute Gasteiger partial charge is 0.274 e. The molecule has 1 fully saturated rings. The summed E-state index contributed by atoms with van der Waals surface area (Å²) in [6, 6.07) is 11.1. The van der Waals surface area contributed by atoms with Gasteiger partial charge in [-0.3, -0.25) is 4.79 Å². The van der Waals surface area contributed by atoms with Crippen LogP contribution >= 0.6 is 0 Å². The largest absolute Gasteiger partial charge is 0.378 e. The van der Waals surface area contributed by atoms with Crippen molar-refractivity contribution in [3.8, 4) is 0 Å². The molecule has 0 bridgehead atoms. The molecule has 114 valence electrons. The van der Waals surface area contributed by atoms with Gasteiger partial charge in [0, 0.05) is 24.8 Å².